The molecule has 4 heteroatoms. The summed E-state index contributed by atoms with van der Waals surface area (Å²) in [6, 6.07) is 0. The van der Waals surface area contributed by atoms with Gasteiger partial charge in [0.25, 0.3) is 0 Å². The Morgan fingerprint density at radius 1 is 1.33 bits per heavy atom. The second kappa shape index (κ2) is 34.0. The van der Waals surface area contributed by atoms with Crippen molar-refractivity contribution < 1.29 is 51.6 Å². The third kappa shape index (κ3) is 60.4. The summed E-state index contributed by atoms with van der Waals surface area (Å²) in [5, 5.41) is 7.57. The fourth-order valence-corrected chi connectivity index (χ4v) is 0. The van der Waals surface area contributed by atoms with Crippen molar-refractivity contribution in [2.45, 2.75) is 6.92 Å². The van der Waals surface area contributed by atoms with Gasteiger partial charge in [0, 0.05) is 6.61 Å². The van der Waals surface area contributed by atoms with Crippen LogP contribution in [0.4, 0.5) is 0 Å². The topological polar surface area (TPSA) is 20.2 Å². The zero-order valence-electron chi connectivity index (χ0n) is 3.41. The summed E-state index contributed by atoms with van der Waals surface area (Å²) in [4.78, 5) is 0. The zero-order chi connectivity index (χ0) is 2.71. The van der Waals surface area contributed by atoms with Crippen molar-refractivity contribution in [3.63, 3.8) is 0 Å². The molecule has 0 aromatic rings. The van der Waals surface area contributed by atoms with E-state index in [9.17, 15) is 0 Å². The van der Waals surface area contributed by atoms with Crippen LogP contribution >= 0.6 is 0 Å². The molecule has 0 rings (SSSR count). The molecule has 0 saturated carbocycles. The van der Waals surface area contributed by atoms with Gasteiger partial charge in [0.15, 0.2) is 0 Å². The Hall–Kier alpha value is 1.25. The van der Waals surface area contributed by atoms with E-state index in [0.29, 0.717) is 0 Å². The molecule has 1 N–H and O–H groups in total. The predicted octanol–water partition coefficient (Wildman–Crippen LogP) is -6.00. The van der Waals surface area contributed by atoms with Gasteiger partial charge in [-0.2, -0.15) is 0 Å². The Labute approximate surface area is 65.2 Å². The van der Waals surface area contributed by atoms with Crippen molar-refractivity contribution in [2.75, 3.05) is 6.61 Å². The van der Waals surface area contributed by atoms with E-state index in [1.807, 2.05) is 0 Å². The molecule has 0 radical (unpaired) electrons. The number of rotatable bonds is 0. The summed E-state index contributed by atoms with van der Waals surface area (Å²) in [6.45, 7) is 1.93. The molecule has 0 saturated heterocycles. The maximum Gasteiger partial charge on any atom is 2.00 e. The van der Waals surface area contributed by atoms with Crippen molar-refractivity contribution in [2.24, 2.45) is 0 Å². The van der Waals surface area contributed by atoms with Crippen LogP contribution in [0.2, 0.25) is 0 Å². The molecule has 0 bridgehead atoms. The minimum Gasteiger partial charge on any atom is -1.00 e. The number of hydrogen-bond donors (Lipinski definition) is 1. The van der Waals surface area contributed by atoms with Gasteiger partial charge in [-0.05, 0) is 6.92 Å². The molecule has 38 valence electrons. The van der Waals surface area contributed by atoms with Gasteiger partial charge in [-0.1, -0.05) is 0 Å². The molecule has 0 spiro atoms. The van der Waals surface area contributed by atoms with E-state index in [0.717, 1.165) is 0 Å². The summed E-state index contributed by atoms with van der Waals surface area (Å²) in [7, 11) is 0. The van der Waals surface area contributed by atoms with Crippen molar-refractivity contribution >= 4 is 0 Å². The van der Waals surface area contributed by atoms with Crippen LogP contribution in [0.3, 0.4) is 0 Å². The average molecular weight is 165 g/mol. The fourth-order valence-electron chi connectivity index (χ4n) is 0. The van der Waals surface area contributed by atoms with Crippen molar-refractivity contribution in [3.8, 4) is 0 Å². The van der Waals surface area contributed by atoms with Crippen LogP contribution in [0.1, 0.15) is 6.92 Å². The molecule has 0 aliphatic heterocycles. The monoisotopic (exact) mass is 164 g/mol. The van der Waals surface area contributed by atoms with Crippen molar-refractivity contribution in [1.82, 2.24) is 0 Å². The number of aliphatic hydroxyl groups is 1. The van der Waals surface area contributed by atoms with Crippen LogP contribution in [0, 0.1) is 0 Å². The number of hydrogen-bond acceptors (Lipinski definition) is 1. The van der Waals surface area contributed by atoms with Gasteiger partial charge >= 0.3 is 21.7 Å². The van der Waals surface area contributed by atoms with E-state index >= 15 is 0 Å². The molecule has 0 amide bonds. The minimum absolute atomic E-state index is 0. The van der Waals surface area contributed by atoms with Crippen molar-refractivity contribution in [3.05, 3.63) is 0 Å². The van der Waals surface area contributed by atoms with Crippen LogP contribution in [0.15, 0.2) is 0 Å². The molecule has 0 aromatic carbocycles. The number of halogens is 2. The van der Waals surface area contributed by atoms with Gasteiger partial charge in [0.2, 0.25) is 0 Å². The Balaban J connectivity index is -0.00000000667. The predicted molar refractivity (Wildman–Crippen MR) is 12.8 cm³/mol. The molecule has 0 aliphatic rings. The van der Waals surface area contributed by atoms with E-state index in [4.69, 9.17) is 5.11 Å². The zero-order valence-corrected chi connectivity index (χ0v) is 6.48. The molecule has 0 unspecified atom stereocenters. The first kappa shape index (κ1) is 26.8. The van der Waals surface area contributed by atoms with Crippen LogP contribution in [-0.2, 0) is 21.7 Å². The summed E-state index contributed by atoms with van der Waals surface area (Å²) < 4.78 is 0. The van der Waals surface area contributed by atoms with Crippen LogP contribution in [0.25, 0.3) is 0 Å². The molecule has 0 heterocycles. The normalized spacial score (nSPS) is 3.00. The first-order valence-corrected chi connectivity index (χ1v) is 1.02. The Morgan fingerprint density at radius 3 is 1.33 bits per heavy atom. The molecule has 1 nitrogen and oxygen atoms in total. The molecule has 0 fully saturated rings. The van der Waals surface area contributed by atoms with E-state index in [1.165, 1.54) is 0 Å². The average Bonchev–Trinajstić information content (AvgIpc) is 0.918. The molecule has 0 aromatic heterocycles. The minimum atomic E-state index is 0. The molecule has 0 aliphatic carbocycles. The summed E-state index contributed by atoms with van der Waals surface area (Å²) in [5.74, 6) is 0. The van der Waals surface area contributed by atoms with Crippen molar-refractivity contribution in [1.29, 1.82) is 0 Å². The second-order valence-corrected chi connectivity index (χ2v) is 0.316. The molecular weight excluding hydrogens is 159 g/mol. The summed E-state index contributed by atoms with van der Waals surface area (Å²) in [5.41, 5.74) is 0. The van der Waals surface area contributed by atoms with Crippen LogP contribution in [0.5, 0.6) is 0 Å². The van der Waals surface area contributed by atoms with E-state index < -0.39 is 0 Å². The van der Waals surface area contributed by atoms with Gasteiger partial charge in [-0.15, -0.1) is 0 Å². The Morgan fingerprint density at radius 2 is 1.33 bits per heavy atom. The second-order valence-electron chi connectivity index (χ2n) is 0.316. The third-order valence-electron chi connectivity index (χ3n) is 0. The van der Waals surface area contributed by atoms with E-state index in [2.05, 4.69) is 0 Å². The third-order valence-corrected chi connectivity index (χ3v) is 0. The first-order valence-electron chi connectivity index (χ1n) is 1.02. The Bertz CT molecular complexity index is 11.5. The van der Waals surface area contributed by atoms with E-state index in [-0.39, 0.29) is 53.1 Å². The fraction of sp³-hybridized carbons (Fsp3) is 1.00. The molecular formula is C2H6Cl2OTi. The van der Waals surface area contributed by atoms with Gasteiger partial charge < -0.3 is 29.9 Å². The summed E-state index contributed by atoms with van der Waals surface area (Å²) in [6.07, 6.45) is 0. The van der Waals surface area contributed by atoms with Gasteiger partial charge in [0.1, 0.15) is 0 Å². The Kier molecular flexibility index (Phi) is 152. The van der Waals surface area contributed by atoms with Gasteiger partial charge in [-0.3, -0.25) is 0 Å². The SMILES string of the molecule is CCO.[Cl-].[Cl-].[Ti+2]. The maximum atomic E-state index is 7.57. The number of aliphatic hydroxyl groups excluding tert-OH is 1. The standard InChI is InChI=1S/C2H6O.2ClH.Ti/c1-2-3;;;/h3H,2H2,1H3;2*1H;/q;;;+2/p-2. The first-order chi connectivity index (χ1) is 1.41. The van der Waals surface area contributed by atoms with Crippen LogP contribution in [-0.4, -0.2) is 11.7 Å². The van der Waals surface area contributed by atoms with Gasteiger partial charge in [-0.25, -0.2) is 0 Å². The maximum absolute atomic E-state index is 7.57. The smallest absolute Gasteiger partial charge is 1.00 e. The summed E-state index contributed by atoms with van der Waals surface area (Å²) >= 11 is 0. The van der Waals surface area contributed by atoms with Gasteiger partial charge in [0.05, 0.1) is 0 Å². The van der Waals surface area contributed by atoms with E-state index in [1.54, 1.807) is 6.92 Å². The molecule has 6 heavy (non-hydrogen) atoms. The molecule has 0 atom stereocenters. The quantitative estimate of drug-likeness (QED) is 0.354. The largest absolute Gasteiger partial charge is 2.00 e. The van der Waals surface area contributed by atoms with Crippen LogP contribution < -0.4 is 24.8 Å².